The van der Waals surface area contributed by atoms with Crippen LogP contribution in [0.4, 0.5) is 8.78 Å². The largest absolute Gasteiger partial charge is 0.461 e. The molecule has 0 aliphatic heterocycles. The van der Waals surface area contributed by atoms with E-state index in [1.165, 1.54) is 6.92 Å². The van der Waals surface area contributed by atoms with Crippen LogP contribution in [0.15, 0.2) is 0 Å². The third-order valence-electron chi connectivity index (χ3n) is 2.48. The Morgan fingerprint density at radius 2 is 1.88 bits per heavy atom. The van der Waals surface area contributed by atoms with E-state index >= 15 is 0 Å². The molecule has 96 valence electrons. The number of alkyl halides is 2. The first kappa shape index (κ1) is 15.3. The molecule has 0 amide bonds. The Labute approximate surface area is 94.8 Å². The van der Waals surface area contributed by atoms with Crippen LogP contribution < -0.4 is 0 Å². The van der Waals surface area contributed by atoms with Gasteiger partial charge in [0.25, 0.3) is 0 Å². The van der Waals surface area contributed by atoms with Gasteiger partial charge >= 0.3 is 11.9 Å². The number of esters is 1. The maximum atomic E-state index is 13.5. The van der Waals surface area contributed by atoms with Crippen molar-refractivity contribution < 1.29 is 23.4 Å². The Kier molecular flexibility index (Phi) is 5.86. The van der Waals surface area contributed by atoms with E-state index in [0.717, 1.165) is 19.8 Å². The lowest BCUT2D eigenvalue weighted by molar-refractivity contribution is -0.210. The fraction of sp³-hybridized carbons (Fsp3) is 0.909. The summed E-state index contributed by atoms with van der Waals surface area (Å²) >= 11 is 0. The van der Waals surface area contributed by atoms with E-state index in [1.54, 1.807) is 0 Å². The Balaban J connectivity index is 4.50. The Bertz CT molecular complexity index is 227. The number of carbonyl (C=O) groups is 1. The van der Waals surface area contributed by atoms with E-state index in [4.69, 9.17) is 0 Å². The monoisotopic (exact) mass is 238 g/mol. The summed E-state index contributed by atoms with van der Waals surface area (Å²) in [4.78, 5) is 11.0. The van der Waals surface area contributed by atoms with Crippen LogP contribution in [-0.2, 0) is 9.53 Å². The van der Waals surface area contributed by atoms with Gasteiger partial charge in [-0.25, -0.2) is 4.79 Å². The molecule has 0 rings (SSSR count). The summed E-state index contributed by atoms with van der Waals surface area (Å²) in [6.45, 7) is 4.22. The first-order chi connectivity index (χ1) is 7.29. The number of unbranched alkanes of at least 4 members (excludes halogenated alkanes) is 2. The lowest BCUT2D eigenvalue weighted by atomic mass is 9.91. The van der Waals surface area contributed by atoms with Crippen LogP contribution in [0.5, 0.6) is 0 Å². The van der Waals surface area contributed by atoms with Gasteiger partial charge in [-0.05, 0) is 20.3 Å². The van der Waals surface area contributed by atoms with Crippen LogP contribution in [0.25, 0.3) is 0 Å². The summed E-state index contributed by atoms with van der Waals surface area (Å²) in [6, 6.07) is 0. The van der Waals surface area contributed by atoms with Gasteiger partial charge < -0.3 is 9.84 Å². The molecule has 5 heteroatoms. The molecule has 0 saturated carbocycles. The van der Waals surface area contributed by atoms with Crippen LogP contribution >= 0.6 is 0 Å². The van der Waals surface area contributed by atoms with E-state index in [9.17, 15) is 18.7 Å². The van der Waals surface area contributed by atoms with Crippen LogP contribution in [0.2, 0.25) is 0 Å². The number of rotatable bonds is 7. The number of ether oxygens (including phenoxy) is 1. The van der Waals surface area contributed by atoms with Crippen molar-refractivity contribution in [1.82, 2.24) is 0 Å². The highest BCUT2D eigenvalue weighted by Crippen LogP contribution is 2.34. The molecule has 0 aromatic carbocycles. The predicted octanol–water partition coefficient (Wildman–Crippen LogP) is 2.52. The van der Waals surface area contributed by atoms with Crippen molar-refractivity contribution in [2.45, 2.75) is 58.0 Å². The van der Waals surface area contributed by atoms with Crippen LogP contribution in [0.1, 0.15) is 46.5 Å². The van der Waals surface area contributed by atoms with Gasteiger partial charge in [0.2, 0.25) is 0 Å². The van der Waals surface area contributed by atoms with E-state index in [2.05, 4.69) is 4.74 Å². The number of hydrogen-bond acceptors (Lipinski definition) is 3. The molecule has 1 N–H and O–H groups in total. The van der Waals surface area contributed by atoms with E-state index in [0.29, 0.717) is 6.42 Å². The zero-order valence-corrected chi connectivity index (χ0v) is 10.1. The molecule has 0 aromatic rings. The van der Waals surface area contributed by atoms with Crippen LogP contribution in [-0.4, -0.2) is 29.2 Å². The number of halogens is 2. The van der Waals surface area contributed by atoms with Crippen molar-refractivity contribution in [2.24, 2.45) is 0 Å². The molecule has 0 spiro atoms. The first-order valence-electron chi connectivity index (χ1n) is 5.57. The highest BCUT2D eigenvalue weighted by Gasteiger charge is 2.56. The second-order valence-corrected chi connectivity index (χ2v) is 4.03. The molecule has 0 fully saturated rings. The minimum atomic E-state index is -3.85. The Morgan fingerprint density at radius 3 is 2.31 bits per heavy atom. The molecule has 0 aliphatic carbocycles. The molecule has 16 heavy (non-hydrogen) atoms. The zero-order valence-electron chi connectivity index (χ0n) is 10.1. The molecule has 1 atom stereocenters. The predicted molar refractivity (Wildman–Crippen MR) is 56.3 cm³/mol. The summed E-state index contributed by atoms with van der Waals surface area (Å²) in [5.41, 5.74) is -2.34. The second-order valence-electron chi connectivity index (χ2n) is 4.03. The molecule has 0 heterocycles. The van der Waals surface area contributed by atoms with Gasteiger partial charge in [0, 0.05) is 0 Å². The van der Waals surface area contributed by atoms with Crippen LogP contribution in [0, 0.1) is 0 Å². The molecular weight excluding hydrogens is 218 g/mol. The first-order valence-corrected chi connectivity index (χ1v) is 5.57. The molecule has 0 aromatic heterocycles. The summed E-state index contributed by atoms with van der Waals surface area (Å²) < 4.78 is 31.2. The van der Waals surface area contributed by atoms with Crippen LogP contribution in [0.3, 0.4) is 0 Å². The molecule has 0 saturated heterocycles. The maximum absolute atomic E-state index is 13.5. The zero-order chi connectivity index (χ0) is 12.8. The Hall–Kier alpha value is -0.710. The Morgan fingerprint density at radius 1 is 1.31 bits per heavy atom. The van der Waals surface area contributed by atoms with Crippen molar-refractivity contribution >= 4 is 5.97 Å². The average molecular weight is 238 g/mol. The normalized spacial score (nSPS) is 15.6. The SMILES string of the molecule is CCCCCC(C)(O)C(F)(F)C(=O)OCC. The van der Waals surface area contributed by atoms with E-state index < -0.39 is 17.5 Å². The molecule has 0 radical (unpaired) electrons. The van der Waals surface area contributed by atoms with Crippen molar-refractivity contribution in [3.8, 4) is 0 Å². The molecule has 0 aliphatic rings. The minimum Gasteiger partial charge on any atom is -0.461 e. The van der Waals surface area contributed by atoms with Crippen molar-refractivity contribution in [3.05, 3.63) is 0 Å². The standard InChI is InChI=1S/C11H20F2O3/c1-4-6-7-8-10(3,15)11(12,13)9(14)16-5-2/h15H,4-8H2,1-3H3. The lowest BCUT2D eigenvalue weighted by Gasteiger charge is -2.30. The second kappa shape index (κ2) is 6.13. The fourth-order valence-corrected chi connectivity index (χ4v) is 1.32. The van der Waals surface area contributed by atoms with Gasteiger partial charge in [-0.15, -0.1) is 0 Å². The molecular formula is C11H20F2O3. The third kappa shape index (κ3) is 3.70. The number of hydrogen-bond donors (Lipinski definition) is 1. The topological polar surface area (TPSA) is 46.5 Å². The van der Waals surface area contributed by atoms with Gasteiger partial charge in [-0.1, -0.05) is 26.2 Å². The highest BCUT2D eigenvalue weighted by molar-refractivity contribution is 5.79. The molecule has 3 nitrogen and oxygen atoms in total. The summed E-state index contributed by atoms with van der Waals surface area (Å²) in [7, 11) is 0. The highest BCUT2D eigenvalue weighted by atomic mass is 19.3. The fourth-order valence-electron chi connectivity index (χ4n) is 1.32. The van der Waals surface area contributed by atoms with Gasteiger partial charge in [0.15, 0.2) is 0 Å². The smallest absolute Gasteiger partial charge is 0.380 e. The maximum Gasteiger partial charge on any atom is 0.380 e. The minimum absolute atomic E-state index is 0.118. The van der Waals surface area contributed by atoms with Gasteiger partial charge in [0.05, 0.1) is 6.61 Å². The third-order valence-corrected chi connectivity index (χ3v) is 2.48. The lowest BCUT2D eigenvalue weighted by Crippen LogP contribution is -2.51. The van der Waals surface area contributed by atoms with Gasteiger partial charge in [-0.2, -0.15) is 8.78 Å². The molecule has 1 unspecified atom stereocenters. The van der Waals surface area contributed by atoms with Crippen molar-refractivity contribution in [1.29, 1.82) is 0 Å². The number of carbonyl (C=O) groups excluding carboxylic acids is 1. The van der Waals surface area contributed by atoms with E-state index in [1.807, 2.05) is 6.92 Å². The van der Waals surface area contributed by atoms with Gasteiger partial charge in [-0.3, -0.25) is 0 Å². The molecule has 0 bridgehead atoms. The van der Waals surface area contributed by atoms with Crippen molar-refractivity contribution in [3.63, 3.8) is 0 Å². The van der Waals surface area contributed by atoms with Gasteiger partial charge in [0.1, 0.15) is 5.60 Å². The van der Waals surface area contributed by atoms with E-state index in [-0.39, 0.29) is 13.0 Å². The summed E-state index contributed by atoms with van der Waals surface area (Å²) in [5, 5.41) is 9.62. The summed E-state index contributed by atoms with van der Waals surface area (Å²) in [5.74, 6) is -5.51. The average Bonchev–Trinajstić information content (AvgIpc) is 2.18. The van der Waals surface area contributed by atoms with Crippen molar-refractivity contribution in [2.75, 3.05) is 6.61 Å². The number of aliphatic hydroxyl groups is 1. The quantitative estimate of drug-likeness (QED) is 0.547. The summed E-state index contributed by atoms with van der Waals surface area (Å²) in [6.07, 6.45) is 1.95.